The Morgan fingerprint density at radius 3 is 2.36 bits per heavy atom. The molecule has 0 saturated carbocycles. The molecular weight excluding hydrogens is 272 g/mol. The standard InChI is InChI=1S/C19H18N2O/c1-14(15-8-3-2-4-9-15)20-19(22)21-18-13-7-11-16-10-5-6-12-17(16)18/h2-14H,1H3,(H2,20,21,22)/t14-/m1/s1. The number of nitrogens with one attached hydrogen (secondary N) is 2. The minimum Gasteiger partial charge on any atom is -0.331 e. The lowest BCUT2D eigenvalue weighted by molar-refractivity contribution is 0.249. The first-order chi connectivity index (χ1) is 10.7. The topological polar surface area (TPSA) is 41.1 Å². The summed E-state index contributed by atoms with van der Waals surface area (Å²) in [6.07, 6.45) is 0. The van der Waals surface area contributed by atoms with Crippen LogP contribution in [0.4, 0.5) is 10.5 Å². The number of fused-ring (bicyclic) bond motifs is 1. The van der Waals surface area contributed by atoms with Crippen molar-refractivity contribution >= 4 is 22.5 Å². The molecule has 3 rings (SSSR count). The van der Waals surface area contributed by atoms with E-state index in [1.807, 2.05) is 79.7 Å². The Balaban J connectivity index is 1.74. The second-order valence-corrected chi connectivity index (χ2v) is 5.26. The molecular formula is C19H18N2O. The first-order valence-corrected chi connectivity index (χ1v) is 7.34. The molecule has 2 amide bonds. The zero-order chi connectivity index (χ0) is 15.4. The maximum atomic E-state index is 12.2. The molecule has 0 aliphatic heterocycles. The Morgan fingerprint density at radius 1 is 0.864 bits per heavy atom. The van der Waals surface area contributed by atoms with Crippen LogP contribution < -0.4 is 10.6 Å². The van der Waals surface area contributed by atoms with E-state index in [9.17, 15) is 4.79 Å². The van der Waals surface area contributed by atoms with E-state index in [4.69, 9.17) is 0 Å². The van der Waals surface area contributed by atoms with Crippen LogP contribution in [0.1, 0.15) is 18.5 Å². The lowest BCUT2D eigenvalue weighted by atomic mass is 10.1. The van der Waals surface area contributed by atoms with Crippen molar-refractivity contribution in [1.29, 1.82) is 0 Å². The summed E-state index contributed by atoms with van der Waals surface area (Å²) in [6.45, 7) is 1.97. The van der Waals surface area contributed by atoms with Crippen LogP contribution in [-0.4, -0.2) is 6.03 Å². The second-order valence-electron chi connectivity index (χ2n) is 5.26. The van der Waals surface area contributed by atoms with Gasteiger partial charge in [-0.3, -0.25) is 0 Å². The van der Waals surface area contributed by atoms with Gasteiger partial charge in [0.15, 0.2) is 0 Å². The zero-order valence-corrected chi connectivity index (χ0v) is 12.4. The summed E-state index contributed by atoms with van der Waals surface area (Å²) in [5, 5.41) is 8.04. The Labute approximate surface area is 130 Å². The molecule has 2 N–H and O–H groups in total. The number of carbonyl (C=O) groups is 1. The fraction of sp³-hybridized carbons (Fsp3) is 0.105. The Morgan fingerprint density at radius 2 is 1.55 bits per heavy atom. The maximum absolute atomic E-state index is 12.2. The van der Waals surface area contributed by atoms with Crippen LogP contribution in [0.3, 0.4) is 0 Å². The SMILES string of the molecule is C[C@@H](NC(=O)Nc1cccc2ccccc12)c1ccccc1. The molecule has 110 valence electrons. The summed E-state index contributed by atoms with van der Waals surface area (Å²) in [4.78, 5) is 12.2. The molecule has 0 aliphatic carbocycles. The molecule has 0 unspecified atom stereocenters. The molecule has 3 aromatic carbocycles. The highest BCUT2D eigenvalue weighted by Crippen LogP contribution is 2.23. The lowest BCUT2D eigenvalue weighted by Crippen LogP contribution is -2.31. The van der Waals surface area contributed by atoms with Crippen molar-refractivity contribution < 1.29 is 4.79 Å². The first kappa shape index (κ1) is 14.1. The Bertz CT molecular complexity index is 778. The van der Waals surface area contributed by atoms with Crippen molar-refractivity contribution in [2.75, 3.05) is 5.32 Å². The minimum absolute atomic E-state index is 0.0452. The third kappa shape index (κ3) is 3.09. The van der Waals surface area contributed by atoms with Gasteiger partial charge in [0.25, 0.3) is 0 Å². The number of carbonyl (C=O) groups excluding carboxylic acids is 1. The number of hydrogen-bond donors (Lipinski definition) is 2. The molecule has 0 fully saturated rings. The zero-order valence-electron chi connectivity index (χ0n) is 12.4. The number of benzene rings is 3. The number of amides is 2. The van der Waals surface area contributed by atoms with Crippen LogP contribution in [0.25, 0.3) is 10.8 Å². The van der Waals surface area contributed by atoms with Crippen LogP contribution in [0.2, 0.25) is 0 Å². The summed E-state index contributed by atoms with van der Waals surface area (Å²) in [5.41, 5.74) is 1.89. The van der Waals surface area contributed by atoms with Gasteiger partial charge in [-0.05, 0) is 23.9 Å². The number of urea groups is 1. The number of rotatable bonds is 3. The molecule has 0 saturated heterocycles. The molecule has 1 atom stereocenters. The van der Waals surface area contributed by atoms with Gasteiger partial charge in [0, 0.05) is 5.39 Å². The highest BCUT2D eigenvalue weighted by molar-refractivity contribution is 6.01. The first-order valence-electron chi connectivity index (χ1n) is 7.34. The van der Waals surface area contributed by atoms with Crippen molar-refractivity contribution in [3.05, 3.63) is 78.4 Å². The van der Waals surface area contributed by atoms with Crippen LogP contribution >= 0.6 is 0 Å². The summed E-state index contributed by atoms with van der Waals surface area (Å²) in [6, 6.07) is 23.5. The molecule has 0 spiro atoms. The van der Waals surface area contributed by atoms with E-state index in [2.05, 4.69) is 10.6 Å². The third-order valence-electron chi connectivity index (χ3n) is 3.69. The fourth-order valence-corrected chi connectivity index (χ4v) is 2.51. The molecule has 0 radical (unpaired) electrons. The molecule has 0 aromatic heterocycles. The average Bonchev–Trinajstić information content (AvgIpc) is 2.56. The Hall–Kier alpha value is -2.81. The van der Waals surface area contributed by atoms with Crippen molar-refractivity contribution in [3.63, 3.8) is 0 Å². The van der Waals surface area contributed by atoms with E-state index in [-0.39, 0.29) is 12.1 Å². The lowest BCUT2D eigenvalue weighted by Gasteiger charge is -2.15. The van der Waals surface area contributed by atoms with Crippen molar-refractivity contribution in [1.82, 2.24) is 5.32 Å². The van der Waals surface area contributed by atoms with Gasteiger partial charge in [-0.1, -0.05) is 66.7 Å². The molecule has 3 nitrogen and oxygen atoms in total. The molecule has 3 aromatic rings. The van der Waals surface area contributed by atoms with Crippen LogP contribution in [0, 0.1) is 0 Å². The van der Waals surface area contributed by atoms with E-state index in [0.717, 1.165) is 22.0 Å². The quantitative estimate of drug-likeness (QED) is 0.720. The van der Waals surface area contributed by atoms with Crippen molar-refractivity contribution in [2.24, 2.45) is 0 Å². The maximum Gasteiger partial charge on any atom is 0.319 e. The Kier molecular flexibility index (Phi) is 4.05. The van der Waals surface area contributed by atoms with Crippen LogP contribution in [0.15, 0.2) is 72.8 Å². The highest BCUT2D eigenvalue weighted by atomic mass is 16.2. The van der Waals surface area contributed by atoms with E-state index in [1.165, 1.54) is 0 Å². The van der Waals surface area contributed by atoms with E-state index in [1.54, 1.807) is 0 Å². The van der Waals surface area contributed by atoms with E-state index >= 15 is 0 Å². The predicted octanol–water partition coefficient (Wildman–Crippen LogP) is 4.72. The van der Waals surface area contributed by atoms with Crippen LogP contribution in [-0.2, 0) is 0 Å². The van der Waals surface area contributed by atoms with Gasteiger partial charge in [-0.25, -0.2) is 4.79 Å². The molecule has 3 heteroatoms. The smallest absolute Gasteiger partial charge is 0.319 e. The van der Waals surface area contributed by atoms with Gasteiger partial charge in [0.1, 0.15) is 0 Å². The summed E-state index contributed by atoms with van der Waals surface area (Å²) < 4.78 is 0. The predicted molar refractivity (Wildman–Crippen MR) is 91.0 cm³/mol. The highest BCUT2D eigenvalue weighted by Gasteiger charge is 2.10. The van der Waals surface area contributed by atoms with Gasteiger partial charge in [0.05, 0.1) is 11.7 Å². The summed E-state index contributed by atoms with van der Waals surface area (Å²) in [7, 11) is 0. The van der Waals surface area contributed by atoms with Crippen LogP contribution in [0.5, 0.6) is 0 Å². The van der Waals surface area contributed by atoms with E-state index in [0.29, 0.717) is 0 Å². The summed E-state index contributed by atoms with van der Waals surface area (Å²) >= 11 is 0. The molecule has 22 heavy (non-hydrogen) atoms. The summed E-state index contributed by atoms with van der Waals surface area (Å²) in [5.74, 6) is 0. The van der Waals surface area contributed by atoms with Gasteiger partial charge < -0.3 is 10.6 Å². The largest absolute Gasteiger partial charge is 0.331 e. The van der Waals surface area contributed by atoms with Crippen molar-refractivity contribution in [2.45, 2.75) is 13.0 Å². The van der Waals surface area contributed by atoms with Gasteiger partial charge >= 0.3 is 6.03 Å². The molecule has 0 aliphatic rings. The van der Waals surface area contributed by atoms with Gasteiger partial charge in [-0.2, -0.15) is 0 Å². The molecule has 0 heterocycles. The van der Waals surface area contributed by atoms with E-state index < -0.39 is 0 Å². The second kappa shape index (κ2) is 6.31. The number of hydrogen-bond acceptors (Lipinski definition) is 1. The van der Waals surface area contributed by atoms with Crippen molar-refractivity contribution in [3.8, 4) is 0 Å². The minimum atomic E-state index is -0.201. The third-order valence-corrected chi connectivity index (χ3v) is 3.69. The monoisotopic (exact) mass is 290 g/mol. The van der Waals surface area contributed by atoms with Gasteiger partial charge in [-0.15, -0.1) is 0 Å². The molecule has 0 bridgehead atoms. The normalized spacial score (nSPS) is 11.9. The number of anilines is 1. The van der Waals surface area contributed by atoms with Gasteiger partial charge in [0.2, 0.25) is 0 Å². The average molecular weight is 290 g/mol. The fourth-order valence-electron chi connectivity index (χ4n) is 2.51.